The van der Waals surface area contributed by atoms with Crippen LogP contribution in [0.3, 0.4) is 0 Å². The number of anilines is 1. The Hall–Kier alpha value is -1.58. The molecule has 0 bridgehead atoms. The van der Waals surface area contributed by atoms with Crippen LogP contribution in [0, 0.1) is 6.92 Å². The molecular weight excluding hydrogens is 188 g/mol. The fourth-order valence-electron chi connectivity index (χ4n) is 1.42. The lowest BCUT2D eigenvalue weighted by molar-refractivity contribution is 1.07. The quantitative estimate of drug-likeness (QED) is 0.794. The molecule has 0 unspecified atom stereocenters. The summed E-state index contributed by atoms with van der Waals surface area (Å²) < 4.78 is 0. The van der Waals surface area contributed by atoms with Crippen LogP contribution in [-0.2, 0) is 0 Å². The number of hydrogen-bond acceptors (Lipinski definition) is 3. The number of H-pyrrole nitrogens is 1. The number of aromatic nitrogens is 3. The molecule has 0 saturated carbocycles. The molecule has 0 saturated heterocycles. The van der Waals surface area contributed by atoms with Gasteiger partial charge in [0.1, 0.15) is 5.82 Å². The molecule has 0 fully saturated rings. The van der Waals surface area contributed by atoms with E-state index in [4.69, 9.17) is 0 Å². The van der Waals surface area contributed by atoms with Gasteiger partial charge in [-0.3, -0.25) is 5.10 Å². The van der Waals surface area contributed by atoms with E-state index in [-0.39, 0.29) is 0 Å². The van der Waals surface area contributed by atoms with Crippen LogP contribution >= 0.6 is 0 Å². The minimum Gasteiger partial charge on any atom is -0.370 e. The zero-order valence-electron chi connectivity index (χ0n) is 9.76. The number of aryl methyl sites for hydroxylation is 1. The van der Waals surface area contributed by atoms with Gasteiger partial charge in [0.2, 0.25) is 0 Å². The number of hydrogen-bond donors (Lipinski definition) is 2. The monoisotopic (exact) mass is 206 g/mol. The Morgan fingerprint density at radius 2 is 2.13 bits per heavy atom. The average molecular weight is 206 g/mol. The minimum atomic E-state index is 0.872. The van der Waals surface area contributed by atoms with Crippen molar-refractivity contribution in [3.8, 4) is 0 Å². The fourth-order valence-corrected chi connectivity index (χ4v) is 1.42. The molecule has 2 N–H and O–H groups in total. The molecule has 0 spiro atoms. The van der Waals surface area contributed by atoms with Crippen molar-refractivity contribution in [2.45, 2.75) is 27.7 Å². The molecule has 4 nitrogen and oxygen atoms in total. The van der Waals surface area contributed by atoms with Crippen LogP contribution in [0.4, 0.5) is 5.82 Å². The summed E-state index contributed by atoms with van der Waals surface area (Å²) in [6.07, 6.45) is 1.76. The summed E-state index contributed by atoms with van der Waals surface area (Å²) in [5.41, 5.74) is 2.02. The Kier molecular flexibility index (Phi) is 4.09. The van der Waals surface area contributed by atoms with Crippen molar-refractivity contribution in [1.29, 1.82) is 0 Å². The zero-order chi connectivity index (χ0) is 11.3. The molecule has 2 aromatic rings. The van der Waals surface area contributed by atoms with Gasteiger partial charge in [0.05, 0.1) is 10.9 Å². The highest BCUT2D eigenvalue weighted by Gasteiger charge is 2.06. The molecule has 0 aliphatic rings. The number of nitrogens with one attached hydrogen (secondary N) is 2. The third-order valence-corrected chi connectivity index (χ3v) is 1.99. The first-order valence-corrected chi connectivity index (χ1v) is 5.36. The first kappa shape index (κ1) is 11.5. The number of nitrogens with zero attached hydrogens (tertiary/aromatic N) is 2. The summed E-state index contributed by atoms with van der Waals surface area (Å²) in [6.45, 7) is 8.92. The second-order valence-electron chi connectivity index (χ2n) is 2.93. The van der Waals surface area contributed by atoms with Gasteiger partial charge < -0.3 is 5.32 Å². The van der Waals surface area contributed by atoms with Gasteiger partial charge in [-0.25, -0.2) is 4.98 Å². The molecule has 2 aromatic heterocycles. The zero-order valence-corrected chi connectivity index (χ0v) is 9.76. The topological polar surface area (TPSA) is 53.6 Å². The summed E-state index contributed by atoms with van der Waals surface area (Å²) in [5.74, 6) is 0.909. The normalized spacial score (nSPS) is 9.60. The molecule has 4 heteroatoms. The third kappa shape index (κ3) is 2.26. The molecule has 2 rings (SSSR count). The third-order valence-electron chi connectivity index (χ3n) is 1.99. The Bertz CT molecular complexity index is 419. The lowest BCUT2D eigenvalue weighted by atomic mass is 10.2. The van der Waals surface area contributed by atoms with Gasteiger partial charge in [0.25, 0.3) is 0 Å². The second kappa shape index (κ2) is 5.34. The van der Waals surface area contributed by atoms with Gasteiger partial charge in [0, 0.05) is 18.4 Å². The summed E-state index contributed by atoms with van der Waals surface area (Å²) in [4.78, 5) is 4.26. The van der Waals surface area contributed by atoms with E-state index in [0.29, 0.717) is 0 Å². The van der Waals surface area contributed by atoms with Gasteiger partial charge in [-0.1, -0.05) is 13.8 Å². The van der Waals surface area contributed by atoms with Gasteiger partial charge in [0.15, 0.2) is 0 Å². The lowest BCUT2D eigenvalue weighted by Crippen LogP contribution is -1.99. The molecule has 0 amide bonds. The van der Waals surface area contributed by atoms with Crippen LogP contribution in [0.5, 0.6) is 0 Å². The molecule has 2 heterocycles. The summed E-state index contributed by atoms with van der Waals surface area (Å²) >= 11 is 0. The highest BCUT2D eigenvalue weighted by Crippen LogP contribution is 2.21. The average Bonchev–Trinajstić information content (AvgIpc) is 2.65. The van der Waals surface area contributed by atoms with E-state index in [1.165, 1.54) is 0 Å². The lowest BCUT2D eigenvalue weighted by Gasteiger charge is -2.02. The number of aromatic amines is 1. The summed E-state index contributed by atoms with van der Waals surface area (Å²) in [5, 5.41) is 11.4. The highest BCUT2D eigenvalue weighted by atomic mass is 15.1. The molecule has 0 radical (unpaired) electrons. The first-order chi connectivity index (χ1) is 7.33. The Labute approximate surface area is 90.1 Å². The van der Waals surface area contributed by atoms with E-state index < -0.39 is 0 Å². The van der Waals surface area contributed by atoms with Crippen LogP contribution in [-0.4, -0.2) is 21.7 Å². The van der Waals surface area contributed by atoms with Crippen molar-refractivity contribution >= 4 is 16.7 Å². The molecule has 0 aromatic carbocycles. The van der Waals surface area contributed by atoms with Crippen LogP contribution in [0.1, 0.15) is 26.5 Å². The Morgan fingerprint density at radius 3 is 2.80 bits per heavy atom. The molecule has 82 valence electrons. The summed E-state index contributed by atoms with van der Waals surface area (Å²) in [7, 11) is 0. The van der Waals surface area contributed by atoms with E-state index in [0.717, 1.165) is 29.0 Å². The van der Waals surface area contributed by atoms with Gasteiger partial charge in [-0.05, 0) is 19.9 Å². The van der Waals surface area contributed by atoms with Crippen molar-refractivity contribution in [2.24, 2.45) is 0 Å². The number of fused-ring (bicyclic) bond motifs is 1. The van der Waals surface area contributed by atoms with Crippen molar-refractivity contribution in [3.05, 3.63) is 18.0 Å². The number of rotatable bonds is 2. The maximum atomic E-state index is 4.26. The largest absolute Gasteiger partial charge is 0.370 e. The summed E-state index contributed by atoms with van der Waals surface area (Å²) in [6, 6.07) is 1.90. The molecule has 15 heavy (non-hydrogen) atoms. The van der Waals surface area contributed by atoms with Crippen LogP contribution in [0.2, 0.25) is 0 Å². The van der Waals surface area contributed by atoms with Gasteiger partial charge in [-0.2, -0.15) is 5.10 Å². The van der Waals surface area contributed by atoms with Crippen molar-refractivity contribution in [1.82, 2.24) is 15.2 Å². The van der Waals surface area contributed by atoms with Crippen LogP contribution in [0.25, 0.3) is 10.9 Å². The van der Waals surface area contributed by atoms with E-state index in [1.54, 1.807) is 6.20 Å². The fraction of sp³-hybridized carbons (Fsp3) is 0.455. The van der Waals surface area contributed by atoms with E-state index in [1.807, 2.05) is 26.8 Å². The molecule has 0 aliphatic heterocycles. The standard InChI is InChI=1S/C9H12N4.C2H6/c1-3-10-9-8-6(2)12-13-7(8)4-5-11-9;1-2/h4-5H,3H2,1-2H3,(H,10,11)(H,12,13);1-2H3. The molecule has 0 atom stereocenters. The van der Waals surface area contributed by atoms with Gasteiger partial charge >= 0.3 is 0 Å². The minimum absolute atomic E-state index is 0.872. The van der Waals surface area contributed by atoms with E-state index >= 15 is 0 Å². The maximum absolute atomic E-state index is 4.26. The van der Waals surface area contributed by atoms with Crippen molar-refractivity contribution < 1.29 is 0 Å². The Balaban J connectivity index is 0.000000531. The van der Waals surface area contributed by atoms with Crippen molar-refractivity contribution in [3.63, 3.8) is 0 Å². The van der Waals surface area contributed by atoms with E-state index in [9.17, 15) is 0 Å². The predicted octanol–water partition coefficient (Wildman–Crippen LogP) is 2.72. The van der Waals surface area contributed by atoms with Crippen molar-refractivity contribution in [2.75, 3.05) is 11.9 Å². The number of pyridine rings is 1. The van der Waals surface area contributed by atoms with Crippen LogP contribution < -0.4 is 5.32 Å². The smallest absolute Gasteiger partial charge is 0.137 e. The second-order valence-corrected chi connectivity index (χ2v) is 2.93. The van der Waals surface area contributed by atoms with Gasteiger partial charge in [-0.15, -0.1) is 0 Å². The molecular formula is C11H18N4. The first-order valence-electron chi connectivity index (χ1n) is 5.36. The maximum Gasteiger partial charge on any atom is 0.137 e. The Morgan fingerprint density at radius 1 is 1.40 bits per heavy atom. The van der Waals surface area contributed by atoms with Crippen LogP contribution in [0.15, 0.2) is 12.3 Å². The highest BCUT2D eigenvalue weighted by molar-refractivity contribution is 5.91. The SMILES string of the molecule is CC.CCNc1nccc2n[nH]c(C)c12. The molecule has 0 aliphatic carbocycles. The van der Waals surface area contributed by atoms with E-state index in [2.05, 4.69) is 27.4 Å². The predicted molar refractivity (Wildman–Crippen MR) is 64.1 cm³/mol.